The molecule has 5 aliphatic rings. The number of piperazine rings is 1. The highest BCUT2D eigenvalue weighted by Gasteiger charge is 2.51. The summed E-state index contributed by atoms with van der Waals surface area (Å²) in [6.45, 7) is 15.3. The molecule has 444 valence electrons. The molecule has 9 heterocycles. The Morgan fingerprint density at radius 3 is 2.47 bits per heavy atom. The molecule has 0 saturated carbocycles. The molecule has 0 radical (unpaired) electrons. The number of aromatic nitrogens is 5. The van der Waals surface area contributed by atoms with Crippen LogP contribution in [0.25, 0.3) is 43.4 Å². The smallest absolute Gasteiger partial charge is 0.410 e. The summed E-state index contributed by atoms with van der Waals surface area (Å²) in [5, 5.41) is 19.6. The number of hydrogen-bond donors (Lipinski definition) is 2. The van der Waals surface area contributed by atoms with Crippen LogP contribution in [0, 0.1) is 36.8 Å². The second-order valence-electron chi connectivity index (χ2n) is 24.8. The number of ether oxygens (including phenoxy) is 3. The van der Waals surface area contributed by atoms with Crippen LogP contribution in [0.15, 0.2) is 76.9 Å². The molecule has 5 fully saturated rings. The molecule has 21 heteroatoms. The summed E-state index contributed by atoms with van der Waals surface area (Å²) >= 11 is 1.57. The number of carbonyl (C=O) groups excluding carboxylic acids is 3. The van der Waals surface area contributed by atoms with Gasteiger partial charge in [-0.25, -0.2) is 18.6 Å². The number of fused-ring (bicyclic) bond motifs is 5. The number of anilines is 1. The lowest BCUT2D eigenvalue weighted by molar-refractivity contribution is -0.141. The number of carbonyl (C=O) groups is 3. The quantitative estimate of drug-likeness (QED) is 0.0918. The predicted molar refractivity (Wildman–Crippen MR) is 317 cm³/mol. The first-order valence-electron chi connectivity index (χ1n) is 29.4. The van der Waals surface area contributed by atoms with E-state index in [2.05, 4.69) is 36.2 Å². The molecule has 2 N–H and O–H groups in total. The molecule has 3 aromatic carbocycles. The summed E-state index contributed by atoms with van der Waals surface area (Å²) in [6, 6.07) is 16.1. The van der Waals surface area contributed by atoms with Gasteiger partial charge < -0.3 is 39.0 Å². The minimum Gasteiger partial charge on any atom is -0.474 e. The van der Waals surface area contributed by atoms with Crippen molar-refractivity contribution in [1.29, 1.82) is 0 Å². The maximum absolute atomic E-state index is 17.5. The van der Waals surface area contributed by atoms with E-state index in [1.165, 1.54) is 11.0 Å². The molecular formula is C64H70F2N10O8S. The lowest BCUT2D eigenvalue weighted by Gasteiger charge is -2.42. The van der Waals surface area contributed by atoms with Crippen molar-refractivity contribution in [2.45, 2.75) is 147 Å². The number of β-amino-alcohol motifs (C(OH)–C–C–N with tert-alkyl or cyclic N) is 1. The predicted octanol–water partition coefficient (Wildman–Crippen LogP) is 10.1. The molecule has 2 bridgehead atoms. The van der Waals surface area contributed by atoms with Crippen molar-refractivity contribution in [3.8, 4) is 45.9 Å². The number of nitrogens with one attached hydrogen (secondary N) is 1. The number of amides is 3. The van der Waals surface area contributed by atoms with E-state index in [-0.39, 0.29) is 103 Å². The Labute approximate surface area is 496 Å². The molecule has 8 atom stereocenters. The fraction of sp³-hybridized carbons (Fsp3) is 0.469. The average molecular weight is 1180 g/mol. The van der Waals surface area contributed by atoms with Crippen molar-refractivity contribution in [1.82, 2.24) is 45.1 Å². The molecule has 5 saturated heterocycles. The van der Waals surface area contributed by atoms with Gasteiger partial charge >= 0.3 is 12.1 Å². The van der Waals surface area contributed by atoms with Gasteiger partial charge in [-0.15, -0.1) is 17.8 Å². The third kappa shape index (κ3) is 11.0. The Morgan fingerprint density at radius 2 is 1.75 bits per heavy atom. The number of pyridine rings is 1. The number of aryl methyl sites for hydroxylation is 1. The van der Waals surface area contributed by atoms with Crippen LogP contribution in [0.5, 0.6) is 11.9 Å². The maximum atomic E-state index is 17.5. The van der Waals surface area contributed by atoms with E-state index in [4.69, 9.17) is 35.1 Å². The van der Waals surface area contributed by atoms with Gasteiger partial charge in [-0.3, -0.25) is 24.4 Å². The second kappa shape index (κ2) is 22.9. The van der Waals surface area contributed by atoms with E-state index in [0.29, 0.717) is 46.4 Å². The molecule has 4 aromatic heterocycles. The number of benzene rings is 3. The standard InChI is InChI=1S/C64H70F2N10O8S/c1-9-45-48(65)21-18-39-12-10-13-46(53(39)45)55-54(66)56-47(28-67-55)58(73-29-41-19-20-42(30-73)76(41)62(80)83-63(6,7)8)71-61(70-56)82-33-64-23-11-25-75(64)43(22-24-64)32-81-51-27-50(84-72-51)52(35(2)3)60(79)74-31-44(77)26-49(74)59(78)69-36(4)38-14-16-40(17-15-38)57-37(5)68-34-85-57/h1,10,12-18,21,27-28,34-36,41-44,49,52,77H,11,19-20,22-26,29-33H2,2-8H3,(H,69,78)/t36-,41?,42?,43-,44+,49-,52?,64-/m0/s1. The van der Waals surface area contributed by atoms with Crippen molar-refractivity contribution < 1.29 is 47.0 Å². The number of likely N-dealkylation sites (tertiary alicyclic amines) is 1. The average Bonchev–Trinajstić information content (AvgIpc) is 2.31. The van der Waals surface area contributed by atoms with Crippen molar-refractivity contribution >= 4 is 56.7 Å². The zero-order chi connectivity index (χ0) is 59.6. The molecule has 12 rings (SSSR count). The number of aliphatic hydroxyl groups is 1. The topological polar surface area (TPSA) is 202 Å². The van der Waals surface area contributed by atoms with Crippen LogP contribution in [-0.2, 0) is 14.3 Å². The molecule has 85 heavy (non-hydrogen) atoms. The van der Waals surface area contributed by atoms with Crippen molar-refractivity contribution in [2.24, 2.45) is 5.92 Å². The minimum absolute atomic E-state index is 0.000427. The van der Waals surface area contributed by atoms with Crippen LogP contribution in [0.3, 0.4) is 0 Å². The lowest BCUT2D eigenvalue weighted by Crippen LogP contribution is -2.57. The maximum Gasteiger partial charge on any atom is 0.410 e. The molecule has 18 nitrogen and oxygen atoms in total. The van der Waals surface area contributed by atoms with Gasteiger partial charge in [0, 0.05) is 55.3 Å². The lowest BCUT2D eigenvalue weighted by atomic mass is 9.91. The highest BCUT2D eigenvalue weighted by atomic mass is 32.1. The Kier molecular flexibility index (Phi) is 15.5. The van der Waals surface area contributed by atoms with Crippen LogP contribution < -0.4 is 19.7 Å². The Bertz CT molecular complexity index is 3740. The first kappa shape index (κ1) is 57.6. The third-order valence-electron chi connectivity index (χ3n) is 17.7. The number of thiazole rings is 1. The number of terminal acetylenes is 1. The van der Waals surface area contributed by atoms with E-state index in [1.54, 1.807) is 47.9 Å². The fourth-order valence-electron chi connectivity index (χ4n) is 13.7. The summed E-state index contributed by atoms with van der Waals surface area (Å²) < 4.78 is 57.5. The zero-order valence-corrected chi connectivity index (χ0v) is 49.6. The van der Waals surface area contributed by atoms with Gasteiger partial charge in [0.05, 0.1) is 56.8 Å². The van der Waals surface area contributed by atoms with E-state index in [9.17, 15) is 19.5 Å². The van der Waals surface area contributed by atoms with Gasteiger partial charge in [0.25, 0.3) is 5.88 Å². The van der Waals surface area contributed by atoms with Gasteiger partial charge in [-0.2, -0.15) is 9.97 Å². The van der Waals surface area contributed by atoms with Gasteiger partial charge in [0.1, 0.15) is 53.6 Å². The van der Waals surface area contributed by atoms with Crippen molar-refractivity contribution in [3.05, 3.63) is 107 Å². The third-order valence-corrected chi connectivity index (χ3v) is 18.7. The van der Waals surface area contributed by atoms with Crippen LogP contribution in [0.2, 0.25) is 0 Å². The van der Waals surface area contributed by atoms with Crippen molar-refractivity contribution in [3.63, 3.8) is 0 Å². The van der Waals surface area contributed by atoms with Crippen LogP contribution in [-0.4, -0.2) is 144 Å². The first-order chi connectivity index (χ1) is 40.8. The molecule has 0 spiro atoms. The van der Waals surface area contributed by atoms with E-state index >= 15 is 8.78 Å². The van der Waals surface area contributed by atoms with Crippen LogP contribution in [0.1, 0.15) is 121 Å². The highest BCUT2D eigenvalue weighted by Crippen LogP contribution is 2.45. The minimum atomic E-state index is -0.891. The normalized spacial score (nSPS) is 22.9. The van der Waals surface area contributed by atoms with Gasteiger partial charge in [0.2, 0.25) is 11.8 Å². The molecule has 3 unspecified atom stereocenters. The Hall–Kier alpha value is -7.80. The van der Waals surface area contributed by atoms with Crippen molar-refractivity contribution in [2.75, 3.05) is 44.3 Å². The summed E-state index contributed by atoms with van der Waals surface area (Å²) in [4.78, 5) is 69.6. The van der Waals surface area contributed by atoms with Gasteiger partial charge in [0.15, 0.2) is 11.6 Å². The molecular weight excluding hydrogens is 1110 g/mol. The van der Waals surface area contributed by atoms with E-state index < -0.39 is 40.8 Å². The summed E-state index contributed by atoms with van der Waals surface area (Å²) in [6.07, 6.45) is 11.0. The van der Waals surface area contributed by atoms with Gasteiger partial charge in [-0.1, -0.05) is 68.3 Å². The largest absolute Gasteiger partial charge is 0.474 e. The van der Waals surface area contributed by atoms with E-state index in [1.807, 2.05) is 83.1 Å². The number of aliphatic hydroxyl groups excluding tert-OH is 1. The molecule has 3 amide bonds. The number of halogens is 2. The summed E-state index contributed by atoms with van der Waals surface area (Å²) in [5.41, 5.74) is 3.88. The Balaban J connectivity index is 0.747. The molecule has 7 aromatic rings. The summed E-state index contributed by atoms with van der Waals surface area (Å²) in [7, 11) is 0. The van der Waals surface area contributed by atoms with Crippen LogP contribution in [0.4, 0.5) is 19.4 Å². The monoisotopic (exact) mass is 1180 g/mol. The van der Waals surface area contributed by atoms with Crippen LogP contribution >= 0.6 is 11.3 Å². The Morgan fingerprint density at radius 1 is 0.976 bits per heavy atom. The SMILES string of the molecule is C#Cc1c(F)ccc2cccc(-c3ncc4c(N5CC6CCC(C5)N6C(=O)OC(C)(C)C)nc(OC[C@@]56CCCN5[C@H](COc5cc(C(C(=O)N7C[C@H](O)C[C@H]7C(=O)N[C@@H](C)c7ccc(-c8scnc8C)cc7)C(C)C)on5)CC6)nc4c3F)c12. The van der Waals surface area contributed by atoms with Gasteiger partial charge in [-0.05, 0) is 113 Å². The fourth-order valence-corrected chi connectivity index (χ4v) is 14.5. The highest BCUT2D eigenvalue weighted by molar-refractivity contribution is 7.13. The second-order valence-corrected chi connectivity index (χ2v) is 25.6. The number of rotatable bonds is 15. The number of hydrogen-bond acceptors (Lipinski definition) is 16. The zero-order valence-electron chi connectivity index (χ0n) is 48.8. The first-order valence-corrected chi connectivity index (χ1v) is 30.2. The van der Waals surface area contributed by atoms with E-state index in [0.717, 1.165) is 66.8 Å². The molecule has 5 aliphatic heterocycles. The summed E-state index contributed by atoms with van der Waals surface area (Å²) in [5.74, 6) is 0.289. The number of nitrogens with zero attached hydrogens (tertiary/aromatic N) is 9. The molecule has 0 aliphatic carbocycles.